The Kier molecular flexibility index (Phi) is 5.82. The molecule has 0 saturated carbocycles. The van der Waals surface area contributed by atoms with Crippen molar-refractivity contribution in [2.24, 2.45) is 0 Å². The van der Waals surface area contributed by atoms with Gasteiger partial charge in [0.05, 0.1) is 0 Å². The molecule has 0 aromatic heterocycles. The van der Waals surface area contributed by atoms with Gasteiger partial charge in [0.25, 0.3) is 0 Å². The molecule has 2 nitrogen and oxygen atoms in total. The molecule has 2 heteroatoms. The number of aryl methyl sites for hydroxylation is 1. The van der Waals surface area contributed by atoms with Crippen LogP contribution in [0.15, 0.2) is 48.5 Å². The van der Waals surface area contributed by atoms with Crippen molar-refractivity contribution in [1.29, 1.82) is 0 Å². The summed E-state index contributed by atoms with van der Waals surface area (Å²) in [7, 11) is 0. The van der Waals surface area contributed by atoms with Crippen LogP contribution in [0.25, 0.3) is 0 Å². The molecule has 0 heterocycles. The second-order valence-corrected chi connectivity index (χ2v) is 5.78. The van der Waals surface area contributed by atoms with Crippen LogP contribution in [0.4, 0.5) is 5.69 Å². The first-order valence-electron chi connectivity index (χ1n) is 7.71. The lowest BCUT2D eigenvalue weighted by Crippen LogP contribution is -2.00. The molecule has 0 aliphatic rings. The summed E-state index contributed by atoms with van der Waals surface area (Å²) >= 11 is 0. The van der Waals surface area contributed by atoms with E-state index in [2.05, 4.69) is 67.7 Å². The summed E-state index contributed by atoms with van der Waals surface area (Å²) in [5, 5.41) is 12.4. The maximum absolute atomic E-state index is 8.89. The number of aliphatic hydroxyl groups is 1. The highest BCUT2D eigenvalue weighted by Crippen LogP contribution is 2.16. The van der Waals surface area contributed by atoms with Crippen molar-refractivity contribution >= 4 is 5.69 Å². The van der Waals surface area contributed by atoms with E-state index < -0.39 is 0 Å². The van der Waals surface area contributed by atoms with Gasteiger partial charge in [-0.25, -0.2) is 0 Å². The molecule has 112 valence electrons. The second-order valence-electron chi connectivity index (χ2n) is 5.78. The van der Waals surface area contributed by atoms with E-state index in [9.17, 15) is 0 Å². The normalized spacial score (nSPS) is 10.9. The third-order valence-electron chi connectivity index (χ3n) is 3.69. The van der Waals surface area contributed by atoms with Crippen LogP contribution in [-0.4, -0.2) is 11.7 Å². The number of hydrogen-bond donors (Lipinski definition) is 2. The summed E-state index contributed by atoms with van der Waals surface area (Å²) in [4.78, 5) is 0. The molecule has 2 aromatic rings. The van der Waals surface area contributed by atoms with Crippen molar-refractivity contribution in [3.8, 4) is 0 Å². The minimum Gasteiger partial charge on any atom is -0.396 e. The van der Waals surface area contributed by atoms with Crippen molar-refractivity contribution in [2.75, 3.05) is 11.9 Å². The molecule has 0 atom stereocenters. The smallest absolute Gasteiger partial charge is 0.0434 e. The van der Waals surface area contributed by atoms with Gasteiger partial charge in [-0.3, -0.25) is 0 Å². The minimum atomic E-state index is 0.250. The van der Waals surface area contributed by atoms with Crippen LogP contribution >= 0.6 is 0 Å². The molecule has 0 aliphatic heterocycles. The summed E-state index contributed by atoms with van der Waals surface area (Å²) < 4.78 is 0. The topological polar surface area (TPSA) is 32.3 Å². The van der Waals surface area contributed by atoms with Gasteiger partial charge in [0.2, 0.25) is 0 Å². The number of rotatable bonds is 7. The summed E-state index contributed by atoms with van der Waals surface area (Å²) in [6.07, 6.45) is 1.75. The zero-order valence-corrected chi connectivity index (χ0v) is 13.0. The first kappa shape index (κ1) is 15.6. The lowest BCUT2D eigenvalue weighted by atomic mass is 10.0. The van der Waals surface area contributed by atoms with Gasteiger partial charge in [-0.05, 0) is 47.6 Å². The van der Waals surface area contributed by atoms with E-state index in [4.69, 9.17) is 5.11 Å². The predicted molar refractivity (Wildman–Crippen MR) is 89.7 cm³/mol. The van der Waals surface area contributed by atoms with Crippen molar-refractivity contribution in [3.05, 3.63) is 65.2 Å². The molecule has 0 bridgehead atoms. The van der Waals surface area contributed by atoms with Crippen LogP contribution in [0, 0.1) is 0 Å². The number of hydrogen-bond acceptors (Lipinski definition) is 2. The molecule has 21 heavy (non-hydrogen) atoms. The van der Waals surface area contributed by atoms with Gasteiger partial charge in [0, 0.05) is 18.8 Å². The fourth-order valence-corrected chi connectivity index (χ4v) is 2.34. The van der Waals surface area contributed by atoms with E-state index in [1.165, 1.54) is 16.7 Å². The maximum atomic E-state index is 8.89. The Morgan fingerprint density at radius 3 is 2.43 bits per heavy atom. The Hall–Kier alpha value is -1.80. The first-order chi connectivity index (χ1) is 10.2. The molecule has 2 rings (SSSR count). The molecule has 0 fully saturated rings. The van der Waals surface area contributed by atoms with Gasteiger partial charge in [-0.2, -0.15) is 0 Å². The van der Waals surface area contributed by atoms with Crippen LogP contribution in [0.2, 0.25) is 0 Å². The predicted octanol–water partition coefficient (Wildman–Crippen LogP) is 4.35. The molecular formula is C19H25NO. The number of benzene rings is 2. The standard InChI is InChI=1S/C19H25NO/c1-15(2)18-10-8-17(9-11-18)14-20-19-7-3-5-16(13-19)6-4-12-21/h3,5,7-11,13,15,20-21H,4,6,12,14H2,1-2H3. The van der Waals surface area contributed by atoms with Crippen LogP contribution < -0.4 is 5.32 Å². The Labute approximate surface area is 127 Å². The second kappa shape index (κ2) is 7.84. The molecule has 0 aliphatic carbocycles. The van der Waals surface area contributed by atoms with E-state index in [0.29, 0.717) is 5.92 Å². The molecule has 0 saturated heterocycles. The SMILES string of the molecule is CC(C)c1ccc(CNc2cccc(CCCO)c2)cc1. The average Bonchev–Trinajstić information content (AvgIpc) is 2.52. The number of aliphatic hydroxyl groups excluding tert-OH is 1. The van der Waals surface area contributed by atoms with Gasteiger partial charge >= 0.3 is 0 Å². The highest BCUT2D eigenvalue weighted by Gasteiger charge is 2.00. The lowest BCUT2D eigenvalue weighted by Gasteiger charge is -2.10. The first-order valence-corrected chi connectivity index (χ1v) is 7.71. The molecule has 0 amide bonds. The van der Waals surface area contributed by atoms with Gasteiger partial charge in [-0.15, -0.1) is 0 Å². The van der Waals surface area contributed by atoms with E-state index in [1.54, 1.807) is 0 Å². The third-order valence-corrected chi connectivity index (χ3v) is 3.69. The summed E-state index contributed by atoms with van der Waals surface area (Å²) in [6, 6.07) is 17.2. The molecular weight excluding hydrogens is 258 g/mol. The van der Waals surface area contributed by atoms with E-state index in [1.807, 2.05) is 0 Å². The average molecular weight is 283 g/mol. The fraction of sp³-hybridized carbons (Fsp3) is 0.368. The zero-order valence-electron chi connectivity index (χ0n) is 13.0. The Balaban J connectivity index is 1.93. The highest BCUT2D eigenvalue weighted by molar-refractivity contribution is 5.46. The van der Waals surface area contributed by atoms with Crippen molar-refractivity contribution < 1.29 is 5.11 Å². The van der Waals surface area contributed by atoms with Crippen LogP contribution in [0.1, 0.15) is 42.9 Å². The molecule has 0 radical (unpaired) electrons. The van der Waals surface area contributed by atoms with E-state index >= 15 is 0 Å². The lowest BCUT2D eigenvalue weighted by molar-refractivity contribution is 0.288. The van der Waals surface area contributed by atoms with Gasteiger partial charge in [0.1, 0.15) is 0 Å². The van der Waals surface area contributed by atoms with E-state index in [-0.39, 0.29) is 6.61 Å². The Bertz CT molecular complexity index is 546. The third kappa shape index (κ3) is 4.91. The number of nitrogens with one attached hydrogen (secondary N) is 1. The van der Waals surface area contributed by atoms with Gasteiger partial charge < -0.3 is 10.4 Å². The summed E-state index contributed by atoms with van der Waals surface area (Å²) in [5.74, 6) is 0.579. The van der Waals surface area contributed by atoms with Gasteiger partial charge in [0.15, 0.2) is 0 Å². The fourth-order valence-electron chi connectivity index (χ4n) is 2.34. The van der Waals surface area contributed by atoms with Crippen LogP contribution in [-0.2, 0) is 13.0 Å². The molecule has 0 unspecified atom stereocenters. The number of anilines is 1. The van der Waals surface area contributed by atoms with Crippen LogP contribution in [0.5, 0.6) is 0 Å². The van der Waals surface area contributed by atoms with E-state index in [0.717, 1.165) is 25.1 Å². The van der Waals surface area contributed by atoms with Crippen molar-refractivity contribution in [2.45, 2.75) is 39.2 Å². The van der Waals surface area contributed by atoms with Crippen LogP contribution in [0.3, 0.4) is 0 Å². The molecule has 2 N–H and O–H groups in total. The quantitative estimate of drug-likeness (QED) is 0.792. The van der Waals surface area contributed by atoms with Crippen molar-refractivity contribution in [1.82, 2.24) is 0 Å². The largest absolute Gasteiger partial charge is 0.396 e. The van der Waals surface area contributed by atoms with Gasteiger partial charge in [-0.1, -0.05) is 50.2 Å². The zero-order chi connectivity index (χ0) is 15.1. The van der Waals surface area contributed by atoms with Crippen molar-refractivity contribution in [3.63, 3.8) is 0 Å². The monoisotopic (exact) mass is 283 g/mol. The summed E-state index contributed by atoms with van der Waals surface area (Å²) in [6.45, 7) is 5.51. The Morgan fingerprint density at radius 1 is 1.00 bits per heavy atom. The molecule has 2 aromatic carbocycles. The highest BCUT2D eigenvalue weighted by atomic mass is 16.2. The Morgan fingerprint density at radius 2 is 1.76 bits per heavy atom. The summed E-state index contributed by atoms with van der Waals surface area (Å²) in [5.41, 5.74) is 5.08. The maximum Gasteiger partial charge on any atom is 0.0434 e. The molecule has 0 spiro atoms. The minimum absolute atomic E-state index is 0.250.